The lowest BCUT2D eigenvalue weighted by Crippen LogP contribution is -2.31. The molecule has 1 aliphatic rings. The van der Waals surface area contributed by atoms with Gasteiger partial charge in [0.15, 0.2) is 0 Å². The van der Waals surface area contributed by atoms with E-state index in [-0.39, 0.29) is 6.04 Å². The smallest absolute Gasteiger partial charge is 0.0364 e. The number of hydrogen-bond acceptors (Lipinski definition) is 3. The van der Waals surface area contributed by atoms with Crippen LogP contribution in [0, 0.1) is 0 Å². The van der Waals surface area contributed by atoms with E-state index in [1.54, 1.807) is 0 Å². The summed E-state index contributed by atoms with van der Waals surface area (Å²) in [7, 11) is 2.18. The van der Waals surface area contributed by atoms with E-state index < -0.39 is 0 Å². The predicted molar refractivity (Wildman–Crippen MR) is 82.7 cm³/mol. The first kappa shape index (κ1) is 14.4. The van der Waals surface area contributed by atoms with Crippen LogP contribution >= 0.6 is 0 Å². The largest absolute Gasteiger partial charge is 0.373 e. The molecular weight excluding hydrogens is 234 g/mol. The standard InChI is InChI=1S/C16H27N3/c1-14(17)13-15-5-7-16(8-6-15)18(2)11-12-19-9-3-4-10-19/h5-8,14H,3-4,9-13,17H2,1-2H3. The van der Waals surface area contributed by atoms with Gasteiger partial charge >= 0.3 is 0 Å². The first-order valence-electron chi connectivity index (χ1n) is 7.43. The first-order valence-corrected chi connectivity index (χ1v) is 7.43. The fraction of sp³-hybridized carbons (Fsp3) is 0.625. The third kappa shape index (κ3) is 4.51. The van der Waals surface area contributed by atoms with Gasteiger partial charge < -0.3 is 15.5 Å². The van der Waals surface area contributed by atoms with Crippen molar-refractivity contribution in [1.82, 2.24) is 4.90 Å². The van der Waals surface area contributed by atoms with Crippen molar-refractivity contribution >= 4 is 5.69 Å². The van der Waals surface area contributed by atoms with Crippen molar-refractivity contribution in [2.75, 3.05) is 38.1 Å². The van der Waals surface area contributed by atoms with Crippen molar-refractivity contribution in [3.8, 4) is 0 Å². The van der Waals surface area contributed by atoms with E-state index in [0.717, 1.165) is 13.0 Å². The maximum absolute atomic E-state index is 5.82. The van der Waals surface area contributed by atoms with Crippen LogP contribution in [-0.4, -0.2) is 44.2 Å². The summed E-state index contributed by atoms with van der Waals surface area (Å²) in [5, 5.41) is 0. The molecule has 0 amide bonds. The highest BCUT2D eigenvalue weighted by molar-refractivity contribution is 5.46. The zero-order valence-electron chi connectivity index (χ0n) is 12.3. The van der Waals surface area contributed by atoms with Gasteiger partial charge in [-0.3, -0.25) is 0 Å². The summed E-state index contributed by atoms with van der Waals surface area (Å²) in [6.07, 6.45) is 3.70. The minimum atomic E-state index is 0.235. The molecule has 1 fully saturated rings. The van der Waals surface area contributed by atoms with Crippen molar-refractivity contribution in [3.63, 3.8) is 0 Å². The topological polar surface area (TPSA) is 32.5 Å². The molecule has 1 unspecified atom stereocenters. The van der Waals surface area contributed by atoms with Crippen LogP contribution in [0.1, 0.15) is 25.3 Å². The molecule has 1 aliphatic heterocycles. The second kappa shape index (κ2) is 6.92. The minimum Gasteiger partial charge on any atom is -0.373 e. The van der Waals surface area contributed by atoms with Crippen LogP contribution < -0.4 is 10.6 Å². The number of nitrogens with two attached hydrogens (primary N) is 1. The normalized spacial score (nSPS) is 17.6. The lowest BCUT2D eigenvalue weighted by molar-refractivity contribution is 0.346. The summed E-state index contributed by atoms with van der Waals surface area (Å²) in [4.78, 5) is 4.90. The van der Waals surface area contributed by atoms with E-state index in [9.17, 15) is 0 Å². The maximum atomic E-state index is 5.82. The Morgan fingerprint density at radius 1 is 1.21 bits per heavy atom. The summed E-state index contributed by atoms with van der Waals surface area (Å²) in [5.74, 6) is 0. The Labute approximate surface area is 117 Å². The van der Waals surface area contributed by atoms with Gasteiger partial charge in [-0.15, -0.1) is 0 Å². The molecule has 1 aromatic rings. The van der Waals surface area contributed by atoms with Gasteiger partial charge in [0, 0.05) is 31.9 Å². The van der Waals surface area contributed by atoms with Gasteiger partial charge in [0.2, 0.25) is 0 Å². The van der Waals surface area contributed by atoms with E-state index in [2.05, 4.69) is 48.0 Å². The highest BCUT2D eigenvalue weighted by Crippen LogP contribution is 2.15. The van der Waals surface area contributed by atoms with Gasteiger partial charge in [-0.2, -0.15) is 0 Å². The van der Waals surface area contributed by atoms with Crippen LogP contribution in [0.15, 0.2) is 24.3 Å². The van der Waals surface area contributed by atoms with Gasteiger partial charge in [-0.05, 0) is 57.0 Å². The SMILES string of the molecule is CC(N)Cc1ccc(N(C)CCN2CCCC2)cc1. The zero-order valence-corrected chi connectivity index (χ0v) is 12.3. The number of nitrogens with zero attached hydrogens (tertiary/aromatic N) is 2. The van der Waals surface area contributed by atoms with Crippen LogP contribution in [0.4, 0.5) is 5.69 Å². The molecule has 1 saturated heterocycles. The van der Waals surface area contributed by atoms with Crippen molar-refractivity contribution < 1.29 is 0 Å². The number of benzene rings is 1. The molecule has 2 rings (SSSR count). The van der Waals surface area contributed by atoms with E-state index in [1.807, 2.05) is 0 Å². The van der Waals surface area contributed by atoms with E-state index in [1.165, 1.54) is 43.7 Å². The van der Waals surface area contributed by atoms with Crippen molar-refractivity contribution in [1.29, 1.82) is 0 Å². The predicted octanol–water partition coefficient (Wildman–Crippen LogP) is 2.11. The molecule has 0 aliphatic carbocycles. The monoisotopic (exact) mass is 261 g/mol. The Kier molecular flexibility index (Phi) is 5.23. The zero-order chi connectivity index (χ0) is 13.7. The molecule has 1 atom stereocenters. The van der Waals surface area contributed by atoms with Crippen LogP contribution in [0.25, 0.3) is 0 Å². The summed E-state index contributed by atoms with van der Waals surface area (Å²) in [6, 6.07) is 9.05. The fourth-order valence-electron chi connectivity index (χ4n) is 2.69. The van der Waals surface area contributed by atoms with Crippen molar-refractivity contribution in [2.45, 2.75) is 32.2 Å². The lowest BCUT2D eigenvalue weighted by Gasteiger charge is -2.23. The molecular formula is C16H27N3. The molecule has 0 aromatic heterocycles. The molecule has 19 heavy (non-hydrogen) atoms. The summed E-state index contributed by atoms with van der Waals surface area (Å²) in [6.45, 7) is 6.89. The molecule has 3 nitrogen and oxygen atoms in total. The maximum Gasteiger partial charge on any atom is 0.0364 e. The quantitative estimate of drug-likeness (QED) is 0.851. The Morgan fingerprint density at radius 3 is 2.42 bits per heavy atom. The van der Waals surface area contributed by atoms with Gasteiger partial charge in [0.25, 0.3) is 0 Å². The van der Waals surface area contributed by atoms with Crippen LogP contribution in [0.3, 0.4) is 0 Å². The number of anilines is 1. The highest BCUT2D eigenvalue weighted by Gasteiger charge is 2.11. The third-order valence-corrected chi connectivity index (χ3v) is 3.89. The highest BCUT2D eigenvalue weighted by atomic mass is 15.2. The first-order chi connectivity index (χ1) is 9.15. The fourth-order valence-corrected chi connectivity index (χ4v) is 2.69. The van der Waals surface area contributed by atoms with Gasteiger partial charge in [0.05, 0.1) is 0 Å². The number of rotatable bonds is 6. The van der Waals surface area contributed by atoms with E-state index in [4.69, 9.17) is 5.73 Å². The molecule has 1 aromatic carbocycles. The van der Waals surface area contributed by atoms with Gasteiger partial charge in [-0.1, -0.05) is 12.1 Å². The van der Waals surface area contributed by atoms with Crippen LogP contribution in [-0.2, 0) is 6.42 Å². The molecule has 0 spiro atoms. The lowest BCUT2D eigenvalue weighted by atomic mass is 10.1. The molecule has 3 heteroatoms. The molecule has 106 valence electrons. The summed E-state index contributed by atoms with van der Waals surface area (Å²) in [5.41, 5.74) is 8.45. The average Bonchev–Trinajstić information content (AvgIpc) is 2.89. The van der Waals surface area contributed by atoms with E-state index in [0.29, 0.717) is 0 Å². The second-order valence-corrected chi connectivity index (χ2v) is 5.82. The summed E-state index contributed by atoms with van der Waals surface area (Å²) < 4.78 is 0. The van der Waals surface area contributed by atoms with Crippen LogP contribution in [0.5, 0.6) is 0 Å². The number of likely N-dealkylation sites (N-methyl/N-ethyl adjacent to an activating group) is 1. The Hall–Kier alpha value is -1.06. The number of likely N-dealkylation sites (tertiary alicyclic amines) is 1. The molecule has 0 radical (unpaired) electrons. The molecule has 0 saturated carbocycles. The Morgan fingerprint density at radius 2 is 1.84 bits per heavy atom. The Bertz CT molecular complexity index is 366. The Balaban J connectivity index is 1.82. The third-order valence-electron chi connectivity index (χ3n) is 3.89. The van der Waals surface area contributed by atoms with Crippen molar-refractivity contribution in [3.05, 3.63) is 29.8 Å². The molecule has 1 heterocycles. The summed E-state index contributed by atoms with van der Waals surface area (Å²) >= 11 is 0. The van der Waals surface area contributed by atoms with Crippen molar-refractivity contribution in [2.24, 2.45) is 5.73 Å². The van der Waals surface area contributed by atoms with E-state index >= 15 is 0 Å². The van der Waals surface area contributed by atoms with Gasteiger partial charge in [0.1, 0.15) is 0 Å². The van der Waals surface area contributed by atoms with Gasteiger partial charge in [-0.25, -0.2) is 0 Å². The molecule has 2 N–H and O–H groups in total. The molecule has 0 bridgehead atoms. The number of hydrogen-bond donors (Lipinski definition) is 1. The minimum absolute atomic E-state index is 0.235. The average molecular weight is 261 g/mol. The van der Waals surface area contributed by atoms with Crippen LogP contribution in [0.2, 0.25) is 0 Å². The second-order valence-electron chi connectivity index (χ2n) is 5.82.